The number of benzene rings is 1. The normalized spacial score (nSPS) is 12.9. The summed E-state index contributed by atoms with van der Waals surface area (Å²) in [6.45, 7) is 8.01. The molecule has 1 aromatic carbocycles. The fraction of sp³-hybridized carbons (Fsp3) is 0.533. The van der Waals surface area contributed by atoms with Crippen molar-refractivity contribution in [2.75, 3.05) is 6.54 Å². The van der Waals surface area contributed by atoms with Crippen LogP contribution < -0.4 is 10.6 Å². The zero-order valence-electron chi connectivity index (χ0n) is 12.8. The third-order valence-corrected chi connectivity index (χ3v) is 2.93. The smallest absolute Gasteiger partial charge is 0.407 e. The molecule has 0 spiro atoms. The van der Waals surface area contributed by atoms with Crippen LogP contribution in [-0.4, -0.2) is 24.3 Å². The van der Waals surface area contributed by atoms with E-state index in [-0.39, 0.29) is 11.9 Å². The van der Waals surface area contributed by atoms with E-state index in [1.807, 2.05) is 6.92 Å². The molecule has 0 heterocycles. The highest BCUT2D eigenvalue weighted by atomic mass is 35.5. The van der Waals surface area contributed by atoms with Crippen LogP contribution in [0.2, 0.25) is 5.02 Å². The van der Waals surface area contributed by atoms with Gasteiger partial charge in [-0.15, -0.1) is 0 Å². The first-order valence-corrected chi connectivity index (χ1v) is 7.20. The summed E-state index contributed by atoms with van der Waals surface area (Å²) >= 11 is 5.93. The van der Waals surface area contributed by atoms with Crippen molar-refractivity contribution < 1.29 is 13.9 Å². The minimum absolute atomic E-state index is 0.148. The average molecular weight is 317 g/mol. The van der Waals surface area contributed by atoms with Crippen molar-refractivity contribution in [2.24, 2.45) is 0 Å². The molecular weight excluding hydrogens is 295 g/mol. The molecule has 0 aliphatic heterocycles. The third-order valence-electron chi connectivity index (χ3n) is 2.58. The van der Waals surface area contributed by atoms with Crippen molar-refractivity contribution in [3.8, 4) is 0 Å². The van der Waals surface area contributed by atoms with Crippen molar-refractivity contribution >= 4 is 17.7 Å². The molecule has 4 nitrogen and oxygen atoms in total. The summed E-state index contributed by atoms with van der Waals surface area (Å²) in [6.07, 6.45) is -0.472. The van der Waals surface area contributed by atoms with Crippen molar-refractivity contribution in [3.63, 3.8) is 0 Å². The van der Waals surface area contributed by atoms with E-state index in [0.29, 0.717) is 23.7 Å². The number of hydrogen-bond donors (Lipinski definition) is 2. The number of carbonyl (C=O) groups is 1. The summed E-state index contributed by atoms with van der Waals surface area (Å²) in [7, 11) is 0. The van der Waals surface area contributed by atoms with Crippen LogP contribution in [0.15, 0.2) is 18.2 Å². The van der Waals surface area contributed by atoms with Gasteiger partial charge in [0.25, 0.3) is 0 Å². The Hall–Kier alpha value is -1.33. The van der Waals surface area contributed by atoms with Gasteiger partial charge >= 0.3 is 6.09 Å². The third kappa shape index (κ3) is 6.78. The number of ether oxygens (including phenoxy) is 1. The Morgan fingerprint density at radius 2 is 2.10 bits per heavy atom. The average Bonchev–Trinajstić information content (AvgIpc) is 2.30. The second-order valence-corrected chi connectivity index (χ2v) is 6.29. The van der Waals surface area contributed by atoms with Crippen molar-refractivity contribution in [3.05, 3.63) is 34.6 Å². The minimum atomic E-state index is -0.530. The van der Waals surface area contributed by atoms with Crippen LogP contribution in [0.25, 0.3) is 0 Å². The highest BCUT2D eigenvalue weighted by Crippen LogP contribution is 2.18. The lowest BCUT2D eigenvalue weighted by Crippen LogP contribution is -2.42. The molecule has 118 valence electrons. The molecule has 1 rings (SSSR count). The number of hydrogen-bond acceptors (Lipinski definition) is 3. The van der Waals surface area contributed by atoms with Gasteiger partial charge in [0.1, 0.15) is 11.4 Å². The second kappa shape index (κ2) is 7.61. The SMILES string of the molecule is CC(CNCc1c(F)cccc1Cl)NC(=O)OC(C)(C)C. The minimum Gasteiger partial charge on any atom is -0.444 e. The number of nitrogens with one attached hydrogen (secondary N) is 2. The number of carbonyl (C=O) groups excluding carboxylic acids is 1. The van der Waals surface area contributed by atoms with E-state index >= 15 is 0 Å². The summed E-state index contributed by atoms with van der Waals surface area (Å²) in [6, 6.07) is 4.42. The second-order valence-electron chi connectivity index (χ2n) is 5.88. The van der Waals surface area contributed by atoms with Gasteiger partial charge in [0, 0.05) is 29.7 Å². The predicted molar refractivity (Wildman–Crippen MR) is 81.9 cm³/mol. The number of halogens is 2. The summed E-state index contributed by atoms with van der Waals surface area (Å²) in [5.41, 5.74) is -0.110. The van der Waals surface area contributed by atoms with Gasteiger partial charge in [0.15, 0.2) is 0 Å². The maximum Gasteiger partial charge on any atom is 0.407 e. The van der Waals surface area contributed by atoms with Crippen LogP contribution in [0.5, 0.6) is 0 Å². The molecule has 0 radical (unpaired) electrons. The van der Waals surface area contributed by atoms with Crippen molar-refractivity contribution in [1.29, 1.82) is 0 Å². The fourth-order valence-corrected chi connectivity index (χ4v) is 1.90. The van der Waals surface area contributed by atoms with E-state index in [0.717, 1.165) is 0 Å². The van der Waals surface area contributed by atoms with E-state index in [2.05, 4.69) is 10.6 Å². The predicted octanol–water partition coefficient (Wildman–Crippen LogP) is 3.48. The molecule has 0 aliphatic carbocycles. The molecule has 0 aromatic heterocycles. The van der Waals surface area contributed by atoms with E-state index < -0.39 is 11.7 Å². The summed E-state index contributed by atoms with van der Waals surface area (Å²) < 4.78 is 18.7. The molecule has 1 amide bonds. The Balaban J connectivity index is 2.37. The Bertz CT molecular complexity index is 469. The number of amides is 1. The van der Waals surface area contributed by atoms with Crippen LogP contribution in [0.4, 0.5) is 9.18 Å². The van der Waals surface area contributed by atoms with Crippen LogP contribution in [0.1, 0.15) is 33.3 Å². The molecule has 0 bridgehead atoms. The van der Waals surface area contributed by atoms with Crippen LogP contribution in [-0.2, 0) is 11.3 Å². The van der Waals surface area contributed by atoms with E-state index in [9.17, 15) is 9.18 Å². The lowest BCUT2D eigenvalue weighted by molar-refractivity contribution is 0.0508. The zero-order chi connectivity index (χ0) is 16.0. The summed E-state index contributed by atoms with van der Waals surface area (Å²) in [5, 5.41) is 6.14. The topological polar surface area (TPSA) is 50.4 Å². The van der Waals surface area contributed by atoms with Gasteiger partial charge in [-0.1, -0.05) is 17.7 Å². The molecule has 1 unspecified atom stereocenters. The van der Waals surface area contributed by atoms with Gasteiger partial charge in [-0.2, -0.15) is 0 Å². The zero-order valence-corrected chi connectivity index (χ0v) is 13.6. The molecule has 1 atom stereocenters. The largest absolute Gasteiger partial charge is 0.444 e. The lowest BCUT2D eigenvalue weighted by Gasteiger charge is -2.22. The van der Waals surface area contributed by atoms with E-state index in [1.165, 1.54) is 6.07 Å². The van der Waals surface area contributed by atoms with Gasteiger partial charge in [0.05, 0.1) is 0 Å². The highest BCUT2D eigenvalue weighted by Gasteiger charge is 2.17. The molecular formula is C15H22ClFN2O2. The monoisotopic (exact) mass is 316 g/mol. The van der Waals surface area contributed by atoms with Crippen LogP contribution in [0.3, 0.4) is 0 Å². The Labute approximate surface area is 130 Å². The molecule has 21 heavy (non-hydrogen) atoms. The summed E-state index contributed by atoms with van der Waals surface area (Å²) in [5.74, 6) is -0.345. The van der Waals surface area contributed by atoms with Gasteiger partial charge in [0.2, 0.25) is 0 Å². The lowest BCUT2D eigenvalue weighted by atomic mass is 10.2. The standard InChI is InChI=1S/C15H22ClFN2O2/c1-10(19-14(20)21-15(2,3)4)8-18-9-11-12(16)6-5-7-13(11)17/h5-7,10,18H,8-9H2,1-4H3,(H,19,20). The Morgan fingerprint density at radius 3 is 2.67 bits per heavy atom. The van der Waals surface area contributed by atoms with Gasteiger partial charge < -0.3 is 15.4 Å². The van der Waals surface area contributed by atoms with Crippen LogP contribution in [0, 0.1) is 5.82 Å². The van der Waals surface area contributed by atoms with Gasteiger partial charge in [-0.05, 0) is 39.8 Å². The van der Waals surface area contributed by atoms with Crippen molar-refractivity contribution in [2.45, 2.75) is 45.9 Å². The first kappa shape index (κ1) is 17.7. The molecule has 0 aliphatic rings. The first-order valence-electron chi connectivity index (χ1n) is 6.82. The first-order chi connectivity index (χ1) is 9.69. The molecule has 0 fully saturated rings. The quantitative estimate of drug-likeness (QED) is 0.874. The molecule has 0 saturated carbocycles. The fourth-order valence-electron chi connectivity index (χ4n) is 1.67. The Morgan fingerprint density at radius 1 is 1.43 bits per heavy atom. The van der Waals surface area contributed by atoms with Crippen molar-refractivity contribution in [1.82, 2.24) is 10.6 Å². The molecule has 6 heteroatoms. The van der Waals surface area contributed by atoms with E-state index in [4.69, 9.17) is 16.3 Å². The Kier molecular flexibility index (Phi) is 6.42. The highest BCUT2D eigenvalue weighted by molar-refractivity contribution is 6.31. The van der Waals surface area contributed by atoms with Crippen LogP contribution >= 0.6 is 11.6 Å². The molecule has 0 saturated heterocycles. The molecule has 1 aromatic rings. The molecule has 2 N–H and O–H groups in total. The number of rotatable bonds is 5. The number of alkyl carbamates (subject to hydrolysis) is 1. The van der Waals surface area contributed by atoms with Gasteiger partial charge in [-0.25, -0.2) is 9.18 Å². The maximum atomic E-state index is 13.6. The maximum absolute atomic E-state index is 13.6. The van der Waals surface area contributed by atoms with E-state index in [1.54, 1.807) is 32.9 Å². The summed E-state index contributed by atoms with van der Waals surface area (Å²) in [4.78, 5) is 11.6. The van der Waals surface area contributed by atoms with Gasteiger partial charge in [-0.3, -0.25) is 0 Å².